The van der Waals surface area contributed by atoms with Crippen molar-refractivity contribution in [1.29, 1.82) is 0 Å². The molecule has 0 radical (unpaired) electrons. The van der Waals surface area contributed by atoms with Gasteiger partial charge in [0.1, 0.15) is 17.4 Å². The first kappa shape index (κ1) is 19.8. The zero-order valence-corrected chi connectivity index (χ0v) is 16.9. The van der Waals surface area contributed by atoms with Crippen LogP contribution in [0.15, 0.2) is 10.6 Å². The first-order valence-electron chi connectivity index (χ1n) is 9.32. The first-order valence-corrected chi connectivity index (χ1v) is 9.32. The molecule has 0 aromatic carbocycles. The van der Waals surface area contributed by atoms with Gasteiger partial charge in [0.25, 0.3) is 5.91 Å². The second-order valence-corrected chi connectivity index (χ2v) is 8.20. The fourth-order valence-corrected chi connectivity index (χ4v) is 3.65. The van der Waals surface area contributed by atoms with Gasteiger partial charge in [0.05, 0.1) is 6.54 Å². The molecule has 1 fully saturated rings. The molecule has 0 spiro atoms. The maximum Gasteiger partial charge on any atom is 0.276 e. The van der Waals surface area contributed by atoms with Crippen molar-refractivity contribution in [3.8, 4) is 0 Å². The highest BCUT2D eigenvalue weighted by atomic mass is 35.5. The number of rotatable bonds is 2. The van der Waals surface area contributed by atoms with Crippen molar-refractivity contribution in [2.24, 2.45) is 0 Å². The molecule has 2 aromatic rings. The Morgan fingerprint density at radius 3 is 2.63 bits per heavy atom. The maximum absolute atomic E-state index is 12.7. The summed E-state index contributed by atoms with van der Waals surface area (Å²) in [6.07, 6.45) is 1.81. The van der Waals surface area contributed by atoms with E-state index in [2.05, 4.69) is 25.2 Å². The summed E-state index contributed by atoms with van der Waals surface area (Å²) in [5.74, 6) is 3.14. The summed E-state index contributed by atoms with van der Waals surface area (Å²) in [5.41, 5.74) is 0.250. The molecule has 0 atom stereocenters. The van der Waals surface area contributed by atoms with E-state index in [-0.39, 0.29) is 23.7 Å². The summed E-state index contributed by atoms with van der Waals surface area (Å²) >= 11 is 0. The van der Waals surface area contributed by atoms with Crippen molar-refractivity contribution in [1.82, 2.24) is 30.1 Å². The Bertz CT molecular complexity index is 801. The number of hydrogen-bond donors (Lipinski definition) is 1. The minimum absolute atomic E-state index is 0. The lowest BCUT2D eigenvalue weighted by molar-refractivity contribution is 0.0699. The highest BCUT2D eigenvalue weighted by Gasteiger charge is 2.31. The van der Waals surface area contributed by atoms with Gasteiger partial charge in [0.15, 0.2) is 5.69 Å². The number of hydrogen-bond acceptors (Lipinski definition) is 6. The lowest BCUT2D eigenvalue weighted by Gasteiger charge is -2.31. The van der Waals surface area contributed by atoms with Gasteiger partial charge in [-0.25, -0.2) is 0 Å². The van der Waals surface area contributed by atoms with Crippen LogP contribution in [0.5, 0.6) is 0 Å². The van der Waals surface area contributed by atoms with E-state index in [9.17, 15) is 4.79 Å². The third-order valence-corrected chi connectivity index (χ3v) is 5.27. The van der Waals surface area contributed by atoms with Gasteiger partial charge in [-0.05, 0) is 12.8 Å². The molecule has 27 heavy (non-hydrogen) atoms. The molecular formula is C18H27ClN6O2. The molecule has 2 aromatic heterocycles. The zero-order chi connectivity index (χ0) is 18.3. The van der Waals surface area contributed by atoms with Crippen molar-refractivity contribution in [2.45, 2.75) is 58.0 Å². The van der Waals surface area contributed by atoms with Gasteiger partial charge >= 0.3 is 0 Å². The molecule has 148 valence electrons. The summed E-state index contributed by atoms with van der Waals surface area (Å²) in [4.78, 5) is 14.6. The molecular weight excluding hydrogens is 368 g/mol. The van der Waals surface area contributed by atoms with E-state index in [1.165, 1.54) is 0 Å². The van der Waals surface area contributed by atoms with Crippen LogP contribution in [0.2, 0.25) is 0 Å². The van der Waals surface area contributed by atoms with E-state index in [1.807, 2.05) is 25.7 Å². The average molecular weight is 395 g/mol. The third kappa shape index (κ3) is 3.87. The fraction of sp³-hybridized carbons (Fsp3) is 0.667. The normalized spacial score (nSPS) is 18.1. The van der Waals surface area contributed by atoms with Crippen LogP contribution in [0.1, 0.15) is 67.4 Å². The monoisotopic (exact) mass is 394 g/mol. The Labute approximate surface area is 165 Å². The molecule has 1 saturated heterocycles. The molecule has 9 heteroatoms. The molecule has 0 saturated carbocycles. The van der Waals surface area contributed by atoms with Crippen LogP contribution in [-0.2, 0) is 18.5 Å². The lowest BCUT2D eigenvalue weighted by Crippen LogP contribution is -2.39. The number of halogens is 1. The Balaban J connectivity index is 0.00000210. The molecule has 1 amide bonds. The SMILES string of the molecule is CC(C)(C)c1cc(C(=O)N2CCC(c3nnc4n3CCNC4)CC2)no1.Cl. The second kappa shape index (κ2) is 7.59. The Kier molecular flexibility index (Phi) is 5.58. The van der Waals surface area contributed by atoms with Crippen LogP contribution in [-0.4, -0.2) is 50.4 Å². The number of likely N-dealkylation sites (tertiary alicyclic amines) is 1. The Morgan fingerprint density at radius 1 is 1.22 bits per heavy atom. The van der Waals surface area contributed by atoms with E-state index in [1.54, 1.807) is 6.07 Å². The summed E-state index contributed by atoms with van der Waals surface area (Å²) in [5, 5.41) is 16.0. The summed E-state index contributed by atoms with van der Waals surface area (Å²) < 4.78 is 7.60. The molecule has 0 bridgehead atoms. The van der Waals surface area contributed by atoms with Crippen LogP contribution in [0.3, 0.4) is 0 Å². The highest BCUT2D eigenvalue weighted by Crippen LogP contribution is 2.29. The Hall–Kier alpha value is -1.93. The minimum Gasteiger partial charge on any atom is -0.360 e. The third-order valence-electron chi connectivity index (χ3n) is 5.27. The second-order valence-electron chi connectivity index (χ2n) is 8.20. The quantitative estimate of drug-likeness (QED) is 0.839. The van der Waals surface area contributed by atoms with E-state index in [0.29, 0.717) is 24.7 Å². The van der Waals surface area contributed by atoms with Crippen molar-refractivity contribution >= 4 is 18.3 Å². The number of carbonyl (C=O) groups is 1. The van der Waals surface area contributed by atoms with Crippen LogP contribution in [0.4, 0.5) is 0 Å². The zero-order valence-electron chi connectivity index (χ0n) is 16.1. The largest absolute Gasteiger partial charge is 0.360 e. The van der Waals surface area contributed by atoms with Crippen LogP contribution < -0.4 is 5.32 Å². The summed E-state index contributed by atoms with van der Waals surface area (Å²) in [6, 6.07) is 1.77. The van der Waals surface area contributed by atoms with E-state index < -0.39 is 0 Å². The predicted molar refractivity (Wildman–Crippen MR) is 102 cm³/mol. The van der Waals surface area contributed by atoms with Gasteiger partial charge in [-0.2, -0.15) is 0 Å². The van der Waals surface area contributed by atoms with Crippen molar-refractivity contribution in [3.05, 3.63) is 29.2 Å². The first-order chi connectivity index (χ1) is 12.4. The van der Waals surface area contributed by atoms with Gasteiger partial charge < -0.3 is 19.3 Å². The maximum atomic E-state index is 12.7. The fourth-order valence-electron chi connectivity index (χ4n) is 3.65. The summed E-state index contributed by atoms with van der Waals surface area (Å²) in [7, 11) is 0. The molecule has 0 aliphatic carbocycles. The van der Waals surface area contributed by atoms with Crippen LogP contribution in [0, 0.1) is 0 Å². The number of aromatic nitrogens is 4. The summed E-state index contributed by atoms with van der Waals surface area (Å²) in [6.45, 7) is 10.2. The molecule has 4 heterocycles. The number of amides is 1. The van der Waals surface area contributed by atoms with Crippen LogP contribution >= 0.6 is 12.4 Å². The number of nitrogens with zero attached hydrogens (tertiary/aromatic N) is 5. The predicted octanol–water partition coefficient (Wildman–Crippen LogP) is 2.11. The molecule has 8 nitrogen and oxygen atoms in total. The average Bonchev–Trinajstić information content (AvgIpc) is 3.28. The van der Waals surface area contributed by atoms with E-state index in [4.69, 9.17) is 4.52 Å². The van der Waals surface area contributed by atoms with Crippen molar-refractivity contribution in [2.75, 3.05) is 19.6 Å². The number of fused-ring (bicyclic) bond motifs is 1. The smallest absolute Gasteiger partial charge is 0.276 e. The van der Waals surface area contributed by atoms with E-state index >= 15 is 0 Å². The molecule has 0 unspecified atom stereocenters. The molecule has 2 aliphatic heterocycles. The highest BCUT2D eigenvalue weighted by molar-refractivity contribution is 5.92. The van der Waals surface area contributed by atoms with Crippen molar-refractivity contribution < 1.29 is 9.32 Å². The number of piperidine rings is 1. The molecule has 2 aliphatic rings. The van der Waals surface area contributed by atoms with Gasteiger partial charge in [-0.15, -0.1) is 22.6 Å². The van der Waals surface area contributed by atoms with E-state index in [0.717, 1.165) is 49.9 Å². The van der Waals surface area contributed by atoms with Crippen molar-refractivity contribution in [3.63, 3.8) is 0 Å². The minimum atomic E-state index is -0.153. The number of carbonyl (C=O) groups excluding carboxylic acids is 1. The standard InChI is InChI=1S/C18H26N6O2.ClH/c1-18(2,3)14-10-13(22-26-14)17(25)23-7-4-12(5-8-23)16-21-20-15-11-19-6-9-24(15)16;/h10,12,19H,4-9,11H2,1-3H3;1H. The lowest BCUT2D eigenvalue weighted by atomic mass is 9.93. The van der Waals surface area contributed by atoms with Crippen LogP contribution in [0.25, 0.3) is 0 Å². The topological polar surface area (TPSA) is 89.1 Å². The van der Waals surface area contributed by atoms with Gasteiger partial charge in [-0.3, -0.25) is 4.79 Å². The van der Waals surface area contributed by atoms with Gasteiger partial charge in [0.2, 0.25) is 0 Å². The number of nitrogens with one attached hydrogen (secondary N) is 1. The molecule has 4 rings (SSSR count). The van der Waals surface area contributed by atoms with Gasteiger partial charge in [0, 0.05) is 43.6 Å². The Morgan fingerprint density at radius 2 is 1.96 bits per heavy atom. The molecule has 1 N–H and O–H groups in total. The van der Waals surface area contributed by atoms with Gasteiger partial charge in [-0.1, -0.05) is 25.9 Å².